The fraction of sp³-hybridized carbons (Fsp3) is 0.643. The molecule has 1 saturated heterocycles. The van der Waals surface area contributed by atoms with E-state index in [9.17, 15) is 5.21 Å². The second-order valence-electron chi connectivity index (χ2n) is 5.34. The maximum Gasteiger partial charge on any atom is 0.196 e. The van der Waals surface area contributed by atoms with Crippen LogP contribution in [-0.2, 0) is 9.47 Å². The van der Waals surface area contributed by atoms with Crippen molar-refractivity contribution in [3.8, 4) is 5.75 Å². The molecule has 1 aromatic rings. The molecule has 5 heteroatoms. The minimum atomic E-state index is -0.320. The second kappa shape index (κ2) is 4.65. The minimum Gasteiger partial charge on any atom is -0.618 e. The number of ether oxygens (including phenoxy) is 3. The maximum atomic E-state index is 11.4. The van der Waals surface area contributed by atoms with Crippen LogP contribution in [0.5, 0.6) is 5.75 Å². The van der Waals surface area contributed by atoms with Crippen molar-refractivity contribution in [2.45, 2.75) is 45.0 Å². The van der Waals surface area contributed by atoms with Gasteiger partial charge >= 0.3 is 0 Å². The van der Waals surface area contributed by atoms with Gasteiger partial charge in [-0.2, -0.15) is 4.73 Å². The van der Waals surface area contributed by atoms with Gasteiger partial charge in [-0.15, -0.1) is 0 Å². The maximum absolute atomic E-state index is 11.4. The first kappa shape index (κ1) is 12.7. The summed E-state index contributed by atoms with van der Waals surface area (Å²) in [6.45, 7) is 4.76. The second-order valence-corrected chi connectivity index (χ2v) is 5.34. The zero-order valence-electron chi connectivity index (χ0n) is 11.3. The average molecular weight is 265 g/mol. The average Bonchev–Trinajstić information content (AvgIpc) is 2.39. The van der Waals surface area contributed by atoms with Gasteiger partial charge in [0, 0.05) is 25.8 Å². The van der Waals surface area contributed by atoms with Crippen LogP contribution >= 0.6 is 0 Å². The molecule has 2 heterocycles. The Morgan fingerprint density at radius 1 is 1.32 bits per heavy atom. The highest BCUT2D eigenvalue weighted by atomic mass is 16.7. The fourth-order valence-corrected chi connectivity index (χ4v) is 2.42. The van der Waals surface area contributed by atoms with Gasteiger partial charge in [0.05, 0.1) is 18.8 Å². The van der Waals surface area contributed by atoms with Gasteiger partial charge in [0.25, 0.3) is 0 Å². The molecule has 104 valence electrons. The molecule has 0 atom stereocenters. The number of pyridine rings is 1. The smallest absolute Gasteiger partial charge is 0.196 e. The van der Waals surface area contributed by atoms with Crippen LogP contribution in [0.2, 0.25) is 0 Å². The molecule has 1 spiro atoms. The van der Waals surface area contributed by atoms with Crippen molar-refractivity contribution in [1.29, 1.82) is 0 Å². The summed E-state index contributed by atoms with van der Waals surface area (Å²) >= 11 is 0. The van der Waals surface area contributed by atoms with Crippen LogP contribution in [0.25, 0.3) is 0 Å². The lowest BCUT2D eigenvalue weighted by atomic mass is 9.90. The van der Waals surface area contributed by atoms with E-state index in [1.165, 1.54) is 12.6 Å². The summed E-state index contributed by atoms with van der Waals surface area (Å²) in [5, 5.41) is 11.4. The summed E-state index contributed by atoms with van der Waals surface area (Å²) in [6.07, 6.45) is 4.51. The molecule has 5 nitrogen and oxygen atoms in total. The molecule has 1 aromatic heterocycles. The summed E-state index contributed by atoms with van der Waals surface area (Å²) in [6, 6.07) is 1.70. The molecule has 0 bridgehead atoms. The number of nitrogens with zero attached hydrogens (tertiary/aromatic N) is 1. The molecule has 0 unspecified atom stereocenters. The van der Waals surface area contributed by atoms with E-state index in [0.29, 0.717) is 18.9 Å². The molecule has 0 radical (unpaired) electrons. The van der Waals surface area contributed by atoms with Crippen molar-refractivity contribution < 1.29 is 18.9 Å². The van der Waals surface area contributed by atoms with Crippen LogP contribution in [0.3, 0.4) is 0 Å². The van der Waals surface area contributed by atoms with Gasteiger partial charge in [-0.05, 0) is 13.3 Å². The quantitative estimate of drug-likeness (QED) is 0.602. The van der Waals surface area contributed by atoms with E-state index in [0.717, 1.165) is 28.9 Å². The Balaban J connectivity index is 1.65. The van der Waals surface area contributed by atoms with Crippen molar-refractivity contribution in [2.75, 3.05) is 13.2 Å². The topological polar surface area (TPSA) is 54.6 Å². The Morgan fingerprint density at radius 2 is 2.00 bits per heavy atom. The van der Waals surface area contributed by atoms with Crippen molar-refractivity contribution in [1.82, 2.24) is 0 Å². The number of hydrogen-bond donors (Lipinski definition) is 0. The van der Waals surface area contributed by atoms with Crippen molar-refractivity contribution in [3.63, 3.8) is 0 Å². The molecule has 3 rings (SSSR count). The van der Waals surface area contributed by atoms with Crippen LogP contribution in [0.15, 0.2) is 12.3 Å². The Bertz CT molecular complexity index is 475. The molecule has 0 aromatic carbocycles. The zero-order valence-corrected chi connectivity index (χ0v) is 11.3. The summed E-state index contributed by atoms with van der Waals surface area (Å²) in [5.41, 5.74) is 1.52. The molecular weight excluding hydrogens is 246 g/mol. The molecule has 19 heavy (non-hydrogen) atoms. The SMILES string of the molecule is Cc1c(OC2COC3(CCC3)OC2)cc[n+]([O-])c1C. The van der Waals surface area contributed by atoms with Gasteiger partial charge in [-0.3, -0.25) is 0 Å². The first-order valence-electron chi connectivity index (χ1n) is 6.74. The summed E-state index contributed by atoms with van der Waals surface area (Å²) in [7, 11) is 0. The number of hydrogen-bond acceptors (Lipinski definition) is 4. The minimum absolute atomic E-state index is 0.105. The van der Waals surface area contributed by atoms with Crippen molar-refractivity contribution in [2.24, 2.45) is 0 Å². The molecule has 0 N–H and O–H groups in total. The lowest BCUT2D eigenvalue weighted by molar-refractivity contribution is -0.612. The highest BCUT2D eigenvalue weighted by Gasteiger charge is 2.43. The third-order valence-corrected chi connectivity index (χ3v) is 4.08. The third kappa shape index (κ3) is 2.28. The highest BCUT2D eigenvalue weighted by Crippen LogP contribution is 2.39. The van der Waals surface area contributed by atoms with Crippen molar-refractivity contribution in [3.05, 3.63) is 28.7 Å². The van der Waals surface area contributed by atoms with E-state index in [1.807, 2.05) is 6.92 Å². The largest absolute Gasteiger partial charge is 0.618 e. The van der Waals surface area contributed by atoms with E-state index < -0.39 is 0 Å². The molecule has 2 aliphatic rings. The lowest BCUT2D eigenvalue weighted by Crippen LogP contribution is -2.52. The van der Waals surface area contributed by atoms with Gasteiger partial charge in [0.15, 0.2) is 17.7 Å². The highest BCUT2D eigenvalue weighted by molar-refractivity contribution is 5.31. The van der Waals surface area contributed by atoms with E-state index in [1.54, 1.807) is 13.0 Å². The standard InChI is InChI=1S/C14H19NO4/c1-10-11(2)15(16)7-4-13(10)19-12-8-17-14(18-9-12)5-3-6-14/h4,7,12H,3,5-6,8-9H2,1-2H3. The van der Waals surface area contributed by atoms with Gasteiger partial charge in [-0.25, -0.2) is 0 Å². The molecule has 1 aliphatic heterocycles. The van der Waals surface area contributed by atoms with Crippen LogP contribution in [0.4, 0.5) is 0 Å². The predicted octanol–water partition coefficient (Wildman–Crippen LogP) is 1.61. The van der Waals surface area contributed by atoms with Crippen LogP contribution in [0, 0.1) is 19.1 Å². The van der Waals surface area contributed by atoms with Crippen LogP contribution < -0.4 is 9.47 Å². The summed E-state index contributed by atoms with van der Waals surface area (Å²) in [4.78, 5) is 0. The van der Waals surface area contributed by atoms with Crippen molar-refractivity contribution >= 4 is 0 Å². The predicted molar refractivity (Wildman–Crippen MR) is 67.8 cm³/mol. The Morgan fingerprint density at radius 3 is 2.58 bits per heavy atom. The normalized spacial score (nSPS) is 22.2. The fourth-order valence-electron chi connectivity index (χ4n) is 2.42. The number of rotatable bonds is 2. The van der Waals surface area contributed by atoms with Gasteiger partial charge in [-0.1, -0.05) is 0 Å². The Labute approximate surface area is 112 Å². The molecule has 0 amide bonds. The first-order valence-corrected chi connectivity index (χ1v) is 6.74. The van der Waals surface area contributed by atoms with Gasteiger partial charge in [0.2, 0.25) is 0 Å². The first-order chi connectivity index (χ1) is 9.10. The van der Waals surface area contributed by atoms with E-state index in [2.05, 4.69) is 0 Å². The summed E-state index contributed by atoms with van der Waals surface area (Å²) < 4.78 is 18.3. The molecule has 1 saturated carbocycles. The lowest BCUT2D eigenvalue weighted by Gasteiger charge is -2.45. The molecule has 1 aliphatic carbocycles. The van der Waals surface area contributed by atoms with E-state index in [-0.39, 0.29) is 11.9 Å². The van der Waals surface area contributed by atoms with Crippen LogP contribution in [-0.4, -0.2) is 25.1 Å². The Hall–Kier alpha value is -1.33. The zero-order chi connectivity index (χ0) is 13.5. The Kier molecular flexibility index (Phi) is 3.11. The molecular formula is C14H19NO4. The van der Waals surface area contributed by atoms with E-state index in [4.69, 9.17) is 14.2 Å². The van der Waals surface area contributed by atoms with E-state index >= 15 is 0 Å². The summed E-state index contributed by atoms with van der Waals surface area (Å²) in [5.74, 6) is 0.408. The van der Waals surface area contributed by atoms with Gasteiger partial charge < -0.3 is 19.4 Å². The van der Waals surface area contributed by atoms with Crippen LogP contribution in [0.1, 0.15) is 30.5 Å². The molecule has 2 fully saturated rings. The third-order valence-electron chi connectivity index (χ3n) is 4.08. The monoisotopic (exact) mass is 265 g/mol. The number of aromatic nitrogens is 1. The van der Waals surface area contributed by atoms with Gasteiger partial charge in [0.1, 0.15) is 11.9 Å².